The first-order valence-electron chi connectivity index (χ1n) is 6.50. The van der Waals surface area contributed by atoms with Gasteiger partial charge in [0.05, 0.1) is 26.2 Å². The molecule has 0 atom stereocenters. The minimum absolute atomic E-state index is 0.0237. The molecular weight excluding hydrogens is 397 g/mol. The highest BCUT2D eigenvalue weighted by Gasteiger charge is 2.15. The fourth-order valence-electron chi connectivity index (χ4n) is 1.65. The number of pyridine rings is 1. The molecule has 1 heterocycles. The van der Waals surface area contributed by atoms with E-state index in [0.29, 0.717) is 0 Å². The predicted molar refractivity (Wildman–Crippen MR) is 91.3 cm³/mol. The van der Waals surface area contributed by atoms with E-state index >= 15 is 0 Å². The summed E-state index contributed by atoms with van der Waals surface area (Å²) in [5, 5.41) is 13.1. The number of aromatic nitrogens is 1. The van der Waals surface area contributed by atoms with Gasteiger partial charge in [0.1, 0.15) is 5.15 Å². The smallest absolute Gasteiger partial charge is 0.340 e. The fourth-order valence-corrected chi connectivity index (χ4v) is 2.14. The van der Waals surface area contributed by atoms with Gasteiger partial charge in [-0.05, 0) is 12.1 Å². The average Bonchev–Trinajstić information content (AvgIpc) is 2.56. The van der Waals surface area contributed by atoms with Crippen LogP contribution in [-0.2, 0) is 9.53 Å². The van der Waals surface area contributed by atoms with Crippen molar-refractivity contribution in [1.82, 2.24) is 4.98 Å². The molecule has 0 unspecified atom stereocenters. The third kappa shape index (κ3) is 5.02. The van der Waals surface area contributed by atoms with E-state index in [1.807, 2.05) is 0 Å². The molecule has 0 fully saturated rings. The maximum absolute atomic E-state index is 11.8. The molecule has 2 rings (SSSR count). The molecule has 0 bridgehead atoms. The number of esters is 1. The lowest BCUT2D eigenvalue weighted by atomic mass is 10.3. The molecule has 1 amide bonds. The van der Waals surface area contributed by atoms with Crippen molar-refractivity contribution in [2.45, 2.75) is 0 Å². The third-order valence-corrected chi connectivity index (χ3v) is 3.80. The Morgan fingerprint density at radius 1 is 1.20 bits per heavy atom. The van der Waals surface area contributed by atoms with Gasteiger partial charge in [0.15, 0.2) is 6.61 Å². The summed E-state index contributed by atoms with van der Waals surface area (Å²) in [5.41, 5.74) is -0.0540. The van der Waals surface area contributed by atoms with Crippen LogP contribution in [0.4, 0.5) is 11.4 Å². The van der Waals surface area contributed by atoms with Gasteiger partial charge in [0.2, 0.25) is 0 Å². The molecule has 8 nitrogen and oxygen atoms in total. The van der Waals surface area contributed by atoms with Crippen LogP contribution < -0.4 is 5.32 Å². The van der Waals surface area contributed by atoms with E-state index in [1.54, 1.807) is 0 Å². The fraction of sp³-hybridized carbons (Fsp3) is 0.0714. The summed E-state index contributed by atoms with van der Waals surface area (Å²) in [4.78, 5) is 37.3. The Bertz CT molecular complexity index is 860. The first kappa shape index (κ1) is 18.9. The topological polar surface area (TPSA) is 111 Å². The zero-order valence-electron chi connectivity index (χ0n) is 12.2. The maximum atomic E-state index is 11.8. The van der Waals surface area contributed by atoms with Gasteiger partial charge in [-0.3, -0.25) is 14.9 Å². The van der Waals surface area contributed by atoms with Crippen LogP contribution in [0.3, 0.4) is 0 Å². The number of benzene rings is 1. The number of nitro benzene ring substituents is 1. The van der Waals surface area contributed by atoms with Crippen molar-refractivity contribution in [2.24, 2.45) is 0 Å². The molecule has 0 aliphatic heterocycles. The van der Waals surface area contributed by atoms with E-state index < -0.39 is 23.4 Å². The molecular formula is C14H8Cl3N3O5. The van der Waals surface area contributed by atoms with Crippen molar-refractivity contribution in [3.63, 3.8) is 0 Å². The third-order valence-electron chi connectivity index (χ3n) is 2.80. The van der Waals surface area contributed by atoms with Crippen LogP contribution in [0.5, 0.6) is 0 Å². The van der Waals surface area contributed by atoms with Gasteiger partial charge in [-0.2, -0.15) is 0 Å². The number of nitro groups is 1. The van der Waals surface area contributed by atoms with Crippen LogP contribution in [0.25, 0.3) is 0 Å². The second-order valence-corrected chi connectivity index (χ2v) is 5.71. The number of nitrogens with one attached hydrogen (secondary N) is 1. The van der Waals surface area contributed by atoms with E-state index in [4.69, 9.17) is 39.5 Å². The minimum atomic E-state index is -0.823. The number of halogens is 3. The number of non-ortho nitro benzene ring substituents is 1. The van der Waals surface area contributed by atoms with Crippen molar-refractivity contribution in [1.29, 1.82) is 0 Å². The molecule has 1 aromatic heterocycles. The number of ether oxygens (including phenoxy) is 1. The molecule has 2 aromatic rings. The molecule has 0 spiro atoms. The number of anilines is 1. The molecule has 0 saturated heterocycles. The van der Waals surface area contributed by atoms with Crippen LogP contribution in [-0.4, -0.2) is 28.4 Å². The molecule has 130 valence electrons. The number of hydrogen-bond acceptors (Lipinski definition) is 6. The lowest BCUT2D eigenvalue weighted by molar-refractivity contribution is -0.384. The van der Waals surface area contributed by atoms with Crippen LogP contribution in [0, 0.1) is 10.1 Å². The van der Waals surface area contributed by atoms with Gasteiger partial charge in [-0.15, -0.1) is 0 Å². The van der Waals surface area contributed by atoms with Gasteiger partial charge in [-0.25, -0.2) is 9.78 Å². The summed E-state index contributed by atoms with van der Waals surface area (Å²) < 4.78 is 4.81. The van der Waals surface area contributed by atoms with Gasteiger partial charge in [0, 0.05) is 18.3 Å². The van der Waals surface area contributed by atoms with Gasteiger partial charge in [0.25, 0.3) is 11.6 Å². The van der Waals surface area contributed by atoms with Crippen molar-refractivity contribution in [3.8, 4) is 0 Å². The van der Waals surface area contributed by atoms with Crippen molar-refractivity contribution < 1.29 is 19.2 Å². The van der Waals surface area contributed by atoms with Crippen molar-refractivity contribution in [3.05, 3.63) is 61.3 Å². The predicted octanol–water partition coefficient (Wildman–Crippen LogP) is 3.75. The molecule has 0 saturated carbocycles. The quantitative estimate of drug-likeness (QED) is 0.351. The van der Waals surface area contributed by atoms with Crippen LogP contribution >= 0.6 is 34.8 Å². The van der Waals surface area contributed by atoms with E-state index in [2.05, 4.69) is 10.3 Å². The molecule has 1 aromatic carbocycles. The number of carbonyl (C=O) groups is 2. The molecule has 11 heteroatoms. The summed E-state index contributed by atoms with van der Waals surface area (Å²) in [7, 11) is 0. The van der Waals surface area contributed by atoms with Crippen LogP contribution in [0.15, 0.2) is 30.5 Å². The normalized spacial score (nSPS) is 10.2. The zero-order chi connectivity index (χ0) is 18.6. The SMILES string of the molecule is O=C(COC(=O)c1cnc(Cl)c(Cl)c1)Nc1ccc([N+](=O)[O-])cc1Cl. The highest BCUT2D eigenvalue weighted by molar-refractivity contribution is 6.41. The largest absolute Gasteiger partial charge is 0.452 e. The van der Waals surface area contributed by atoms with E-state index in [0.717, 1.165) is 12.3 Å². The number of hydrogen-bond donors (Lipinski definition) is 1. The van der Waals surface area contributed by atoms with Crippen LogP contribution in [0.2, 0.25) is 15.2 Å². The van der Waals surface area contributed by atoms with E-state index in [-0.39, 0.29) is 32.1 Å². The highest BCUT2D eigenvalue weighted by atomic mass is 35.5. The standard InChI is InChI=1S/C14H8Cl3N3O5/c15-9-4-8(20(23)24)1-2-11(9)19-12(21)6-25-14(22)7-3-10(16)13(17)18-5-7/h1-5H,6H2,(H,19,21). The summed E-state index contributed by atoms with van der Waals surface area (Å²) in [6, 6.07) is 4.78. The Hall–Kier alpha value is -2.42. The van der Waals surface area contributed by atoms with Gasteiger partial charge < -0.3 is 10.1 Å². The summed E-state index contributed by atoms with van der Waals surface area (Å²) >= 11 is 17.2. The summed E-state index contributed by atoms with van der Waals surface area (Å²) in [6.07, 6.45) is 1.15. The number of amides is 1. The molecule has 0 radical (unpaired) electrons. The van der Waals surface area contributed by atoms with Crippen molar-refractivity contribution >= 4 is 58.1 Å². The second kappa shape index (κ2) is 8.11. The summed E-state index contributed by atoms with van der Waals surface area (Å²) in [6.45, 7) is -0.605. The number of rotatable bonds is 5. The molecule has 0 aliphatic carbocycles. The molecule has 1 N–H and O–H groups in total. The first-order valence-corrected chi connectivity index (χ1v) is 7.63. The Kier molecular flexibility index (Phi) is 6.13. The minimum Gasteiger partial charge on any atom is -0.452 e. The lowest BCUT2D eigenvalue weighted by Gasteiger charge is -2.08. The highest BCUT2D eigenvalue weighted by Crippen LogP contribution is 2.26. The van der Waals surface area contributed by atoms with Crippen LogP contribution in [0.1, 0.15) is 10.4 Å². The number of nitrogens with zero attached hydrogens (tertiary/aromatic N) is 2. The Labute approximate surface area is 155 Å². The summed E-state index contributed by atoms with van der Waals surface area (Å²) in [5.74, 6) is -1.51. The Morgan fingerprint density at radius 3 is 2.52 bits per heavy atom. The number of carbonyl (C=O) groups excluding carboxylic acids is 2. The Balaban J connectivity index is 1.95. The molecule has 25 heavy (non-hydrogen) atoms. The monoisotopic (exact) mass is 403 g/mol. The first-order chi connectivity index (χ1) is 11.8. The second-order valence-electron chi connectivity index (χ2n) is 4.54. The Morgan fingerprint density at radius 2 is 1.92 bits per heavy atom. The zero-order valence-corrected chi connectivity index (χ0v) is 14.4. The van der Waals surface area contributed by atoms with Gasteiger partial charge >= 0.3 is 5.97 Å². The lowest BCUT2D eigenvalue weighted by Crippen LogP contribution is -2.21. The van der Waals surface area contributed by atoms with E-state index in [9.17, 15) is 19.7 Å². The van der Waals surface area contributed by atoms with Gasteiger partial charge in [-0.1, -0.05) is 34.8 Å². The average molecular weight is 405 g/mol. The van der Waals surface area contributed by atoms with E-state index in [1.165, 1.54) is 18.2 Å². The maximum Gasteiger partial charge on any atom is 0.340 e. The molecule has 0 aliphatic rings. The van der Waals surface area contributed by atoms with Crippen molar-refractivity contribution in [2.75, 3.05) is 11.9 Å².